The molecule has 1 aliphatic rings. The van der Waals surface area contributed by atoms with Gasteiger partial charge in [0.1, 0.15) is 6.10 Å². The van der Waals surface area contributed by atoms with E-state index in [-0.39, 0.29) is 36.0 Å². The van der Waals surface area contributed by atoms with Crippen LogP contribution in [-0.4, -0.2) is 61.6 Å². The number of phosphoric ester groups is 1. The number of phosphoric acid groups is 1. The molecule has 0 aromatic heterocycles. The zero-order valence-corrected chi connectivity index (χ0v) is 26.8. The molecule has 42 heavy (non-hydrogen) atoms. The number of carbonyl (C=O) groups is 1. The first kappa shape index (κ1) is 38.2. The molecule has 11 atom stereocenters. The summed E-state index contributed by atoms with van der Waals surface area (Å²) >= 11 is 0. The maximum atomic E-state index is 12.7. The minimum Gasteiger partial charge on any atom is -0.458 e. The highest BCUT2D eigenvalue weighted by molar-refractivity contribution is 7.46. The van der Waals surface area contributed by atoms with Crippen molar-refractivity contribution in [2.45, 2.75) is 97.7 Å². The molecule has 1 heterocycles. The van der Waals surface area contributed by atoms with E-state index in [1.54, 1.807) is 37.3 Å². The van der Waals surface area contributed by atoms with E-state index in [4.69, 9.17) is 9.26 Å². The van der Waals surface area contributed by atoms with Gasteiger partial charge < -0.3 is 29.8 Å². The van der Waals surface area contributed by atoms with Crippen LogP contribution in [0.4, 0.5) is 0 Å². The van der Waals surface area contributed by atoms with E-state index in [1.807, 2.05) is 33.8 Å². The molecule has 9 nitrogen and oxygen atoms in total. The van der Waals surface area contributed by atoms with E-state index in [2.05, 4.69) is 13.5 Å². The fourth-order valence-corrected chi connectivity index (χ4v) is 5.79. The molecule has 0 saturated carbocycles. The van der Waals surface area contributed by atoms with Crippen LogP contribution in [0.5, 0.6) is 0 Å². The topological polar surface area (TPSA) is 154 Å². The number of hydrogen-bond acceptors (Lipinski definition) is 7. The van der Waals surface area contributed by atoms with Gasteiger partial charge in [0, 0.05) is 36.2 Å². The third-order valence-corrected chi connectivity index (χ3v) is 8.58. The Bertz CT molecular complexity index is 984. The van der Waals surface area contributed by atoms with E-state index < -0.39 is 50.2 Å². The van der Waals surface area contributed by atoms with Crippen molar-refractivity contribution in [3.05, 3.63) is 61.3 Å². The Morgan fingerprint density at radius 1 is 0.976 bits per heavy atom. The zero-order chi connectivity index (χ0) is 32.0. The highest BCUT2D eigenvalue weighted by Gasteiger charge is 2.31. The largest absolute Gasteiger partial charge is 0.470 e. The molecular formula is C32H53O9P. The second kappa shape index (κ2) is 18.7. The number of carbonyl (C=O) groups excluding carboxylic acids is 1. The predicted molar refractivity (Wildman–Crippen MR) is 165 cm³/mol. The minimum atomic E-state index is -4.84. The maximum absolute atomic E-state index is 12.7. The van der Waals surface area contributed by atoms with E-state index >= 15 is 0 Å². The van der Waals surface area contributed by atoms with Crippen LogP contribution >= 0.6 is 7.82 Å². The summed E-state index contributed by atoms with van der Waals surface area (Å²) in [4.78, 5) is 31.5. The Labute approximate surface area is 252 Å². The van der Waals surface area contributed by atoms with Gasteiger partial charge in [-0.25, -0.2) is 9.36 Å². The average molecular weight is 613 g/mol. The highest BCUT2D eigenvalue weighted by atomic mass is 31.2. The fourth-order valence-electron chi connectivity index (χ4n) is 5.28. The van der Waals surface area contributed by atoms with Gasteiger partial charge >= 0.3 is 13.8 Å². The second-order valence-electron chi connectivity index (χ2n) is 12.0. The van der Waals surface area contributed by atoms with Gasteiger partial charge in [-0.15, -0.1) is 0 Å². The van der Waals surface area contributed by atoms with Gasteiger partial charge in [-0.2, -0.15) is 0 Å². The number of ether oxygens (including phenoxy) is 1. The van der Waals surface area contributed by atoms with Crippen molar-refractivity contribution >= 4 is 13.8 Å². The van der Waals surface area contributed by atoms with Gasteiger partial charge in [-0.05, 0) is 31.1 Å². The number of cyclic esters (lactones) is 1. The minimum absolute atomic E-state index is 0.0893. The summed E-state index contributed by atoms with van der Waals surface area (Å²) in [5.41, 5.74) is 0. The summed E-state index contributed by atoms with van der Waals surface area (Å²) in [6, 6.07) is 0. The van der Waals surface area contributed by atoms with Gasteiger partial charge in [0.15, 0.2) is 0 Å². The second-order valence-corrected chi connectivity index (χ2v) is 13.2. The van der Waals surface area contributed by atoms with Crippen LogP contribution < -0.4 is 0 Å². The number of esters is 1. The molecule has 0 spiro atoms. The summed E-state index contributed by atoms with van der Waals surface area (Å²) < 4.78 is 22.3. The molecule has 0 aromatic carbocycles. The monoisotopic (exact) mass is 612 g/mol. The normalized spacial score (nSPS) is 36.1. The molecule has 11 unspecified atom stereocenters. The van der Waals surface area contributed by atoms with Gasteiger partial charge in [0.25, 0.3) is 0 Å². The summed E-state index contributed by atoms with van der Waals surface area (Å²) in [7, 11) is -4.84. The Balaban J connectivity index is 3.31. The molecule has 0 bridgehead atoms. The average Bonchev–Trinajstić information content (AvgIpc) is 2.91. The van der Waals surface area contributed by atoms with E-state index in [0.29, 0.717) is 19.3 Å². The van der Waals surface area contributed by atoms with E-state index in [0.717, 1.165) is 0 Å². The zero-order valence-electron chi connectivity index (χ0n) is 25.9. The molecule has 0 radical (unpaired) electrons. The van der Waals surface area contributed by atoms with Crippen LogP contribution in [0.2, 0.25) is 0 Å². The number of allylic oxidation sites excluding steroid dienone is 4. The first-order valence-corrected chi connectivity index (χ1v) is 16.4. The van der Waals surface area contributed by atoms with Crippen LogP contribution in [0.25, 0.3) is 0 Å². The lowest BCUT2D eigenvalue weighted by Crippen LogP contribution is -2.37. The molecule has 5 N–H and O–H groups in total. The Hall–Kier alpha value is -1.84. The Morgan fingerprint density at radius 3 is 2.26 bits per heavy atom. The molecular weight excluding hydrogens is 559 g/mol. The van der Waals surface area contributed by atoms with E-state index in [1.165, 1.54) is 18.2 Å². The van der Waals surface area contributed by atoms with Crippen molar-refractivity contribution in [1.82, 2.24) is 0 Å². The van der Waals surface area contributed by atoms with Gasteiger partial charge in [0.05, 0.1) is 24.4 Å². The lowest BCUT2D eigenvalue weighted by molar-refractivity contribution is -0.150. The quantitative estimate of drug-likeness (QED) is 0.121. The predicted octanol–water partition coefficient (Wildman–Crippen LogP) is 5.26. The van der Waals surface area contributed by atoms with Gasteiger partial charge in [-0.1, -0.05) is 96.7 Å². The smallest absolute Gasteiger partial charge is 0.458 e. The lowest BCUT2D eigenvalue weighted by Gasteiger charge is -2.31. The van der Waals surface area contributed by atoms with Crippen molar-refractivity contribution in [1.29, 1.82) is 0 Å². The summed E-state index contributed by atoms with van der Waals surface area (Å²) in [6.45, 7) is 15.0. The SMILES string of the molecule is C=CC=CC(C)C1OC(=O)C=CC=CC(C)C(O)CC(OP(=O)(O)O)C=CC(C)C(O)C(C)CC(C)CCC(O)C1C. The van der Waals surface area contributed by atoms with Crippen molar-refractivity contribution in [2.24, 2.45) is 35.5 Å². The van der Waals surface area contributed by atoms with Crippen LogP contribution in [0.1, 0.15) is 67.2 Å². The van der Waals surface area contributed by atoms with Crippen LogP contribution in [0, 0.1) is 35.5 Å². The molecule has 1 rings (SSSR count). The molecule has 0 amide bonds. The Kier molecular flexibility index (Phi) is 17.0. The maximum Gasteiger partial charge on any atom is 0.470 e. The summed E-state index contributed by atoms with van der Waals surface area (Å²) in [5.74, 6) is -1.74. The third kappa shape index (κ3) is 14.6. The number of hydrogen-bond donors (Lipinski definition) is 5. The molecule has 240 valence electrons. The first-order valence-electron chi connectivity index (χ1n) is 14.9. The van der Waals surface area contributed by atoms with Crippen LogP contribution in [0.15, 0.2) is 61.3 Å². The number of aliphatic hydroxyl groups excluding tert-OH is 3. The molecule has 0 aliphatic carbocycles. The van der Waals surface area contributed by atoms with Crippen LogP contribution in [-0.2, 0) is 18.6 Å². The van der Waals surface area contributed by atoms with Crippen molar-refractivity contribution in [2.75, 3.05) is 0 Å². The third-order valence-electron chi connectivity index (χ3n) is 8.04. The summed E-state index contributed by atoms with van der Waals surface area (Å²) in [5, 5.41) is 32.7. The molecule has 0 aromatic rings. The van der Waals surface area contributed by atoms with Crippen LogP contribution in [0.3, 0.4) is 0 Å². The number of aliphatic hydroxyl groups is 3. The first-order chi connectivity index (χ1) is 19.5. The molecule has 1 aliphatic heterocycles. The van der Waals surface area contributed by atoms with Crippen molar-refractivity contribution in [3.8, 4) is 0 Å². The molecule has 10 heteroatoms. The Morgan fingerprint density at radius 2 is 1.64 bits per heavy atom. The highest BCUT2D eigenvalue weighted by Crippen LogP contribution is 2.39. The summed E-state index contributed by atoms with van der Waals surface area (Å²) in [6.07, 6.45) is 12.2. The van der Waals surface area contributed by atoms with Gasteiger partial charge in [-0.3, -0.25) is 4.52 Å². The standard InChI is InChI=1S/C32H53O9P/c1-8-9-12-24(5)32-26(7)28(33)18-15-21(2)19-25(6)31(36)23(4)16-17-27(41-42(37,38)39)20-29(34)22(3)13-10-11-14-30(35)40-32/h8-14,16-17,21-29,31-34,36H,1,15,18-20H2,2-7H3,(H2,37,38,39). The van der Waals surface area contributed by atoms with E-state index in [9.17, 15) is 34.5 Å². The molecule has 0 fully saturated rings. The van der Waals surface area contributed by atoms with Gasteiger partial charge in [0.2, 0.25) is 0 Å². The number of rotatable bonds is 5. The molecule has 0 saturated heterocycles. The van der Waals surface area contributed by atoms with Crippen molar-refractivity contribution < 1.29 is 43.7 Å². The van der Waals surface area contributed by atoms with Crippen molar-refractivity contribution in [3.63, 3.8) is 0 Å². The fraction of sp³-hybridized carbons (Fsp3) is 0.656. The lowest BCUT2D eigenvalue weighted by atomic mass is 9.82.